The van der Waals surface area contributed by atoms with Crippen LogP contribution in [-0.4, -0.2) is 66.6 Å². The minimum Gasteiger partial charge on any atom is -0.372 e. The van der Waals surface area contributed by atoms with Crippen LogP contribution in [0.25, 0.3) is 0 Å². The number of hydrogen-bond acceptors (Lipinski definition) is 6. The molecule has 168 valence electrons. The van der Waals surface area contributed by atoms with Crippen molar-refractivity contribution in [1.82, 2.24) is 14.9 Å². The summed E-state index contributed by atoms with van der Waals surface area (Å²) in [7, 11) is 0. The lowest BCUT2D eigenvalue weighted by Crippen LogP contribution is -2.49. The van der Waals surface area contributed by atoms with Gasteiger partial charge in [0.05, 0.1) is 6.54 Å². The smallest absolute Gasteiger partial charge is 0.238 e. The number of benzene rings is 1. The molecule has 1 fully saturated rings. The molecule has 7 nitrogen and oxygen atoms in total. The second-order valence-electron chi connectivity index (χ2n) is 8.41. The number of anilines is 3. The predicted molar refractivity (Wildman–Crippen MR) is 128 cm³/mol. The van der Waals surface area contributed by atoms with E-state index in [0.717, 1.165) is 62.3 Å². The molecule has 7 heteroatoms. The minimum atomic E-state index is 0.0315. The van der Waals surface area contributed by atoms with E-state index in [4.69, 9.17) is 4.98 Å². The van der Waals surface area contributed by atoms with E-state index in [-0.39, 0.29) is 5.91 Å². The molecular formula is C24H36N6O. The molecule has 1 aliphatic heterocycles. The van der Waals surface area contributed by atoms with Crippen LogP contribution in [0, 0.1) is 6.92 Å². The third-order valence-electron chi connectivity index (χ3n) is 5.72. The van der Waals surface area contributed by atoms with Gasteiger partial charge in [0.2, 0.25) is 5.91 Å². The molecule has 0 saturated carbocycles. The van der Waals surface area contributed by atoms with Crippen LogP contribution < -0.4 is 15.1 Å². The van der Waals surface area contributed by atoms with Crippen LogP contribution in [-0.2, 0) is 4.79 Å². The zero-order valence-corrected chi connectivity index (χ0v) is 19.6. The summed E-state index contributed by atoms with van der Waals surface area (Å²) < 4.78 is 0. The fraction of sp³-hybridized carbons (Fsp3) is 0.542. The number of piperazine rings is 1. The molecule has 0 atom stereocenters. The monoisotopic (exact) mass is 424 g/mol. The molecular weight excluding hydrogens is 388 g/mol. The standard InChI is InChI=1S/C24H36N6O/c1-6-29(7-2)21-10-8-20(9-11-21)26-23(31)17-28-12-14-30(15-13-28)22-16-19(5)25-24(27-22)18(3)4/h8-11,16,18H,6-7,12-15,17H2,1-5H3,(H,26,31). The minimum absolute atomic E-state index is 0.0315. The summed E-state index contributed by atoms with van der Waals surface area (Å²) in [5, 5.41) is 3.03. The van der Waals surface area contributed by atoms with Crippen molar-refractivity contribution in [3.8, 4) is 0 Å². The van der Waals surface area contributed by atoms with Gasteiger partial charge in [0.1, 0.15) is 11.6 Å². The Morgan fingerprint density at radius 1 is 1.06 bits per heavy atom. The molecule has 2 heterocycles. The highest BCUT2D eigenvalue weighted by molar-refractivity contribution is 5.92. The van der Waals surface area contributed by atoms with Crippen LogP contribution in [0.3, 0.4) is 0 Å². The lowest BCUT2D eigenvalue weighted by atomic mass is 10.2. The highest BCUT2D eigenvalue weighted by atomic mass is 16.2. The van der Waals surface area contributed by atoms with E-state index in [2.05, 4.69) is 70.9 Å². The van der Waals surface area contributed by atoms with Crippen LogP contribution in [0.5, 0.6) is 0 Å². The lowest BCUT2D eigenvalue weighted by molar-refractivity contribution is -0.117. The number of carbonyl (C=O) groups excluding carboxylic acids is 1. The zero-order valence-electron chi connectivity index (χ0n) is 19.6. The highest BCUT2D eigenvalue weighted by Crippen LogP contribution is 2.20. The fourth-order valence-corrected chi connectivity index (χ4v) is 3.88. The first-order valence-electron chi connectivity index (χ1n) is 11.4. The number of aromatic nitrogens is 2. The first kappa shape index (κ1) is 23.0. The summed E-state index contributed by atoms with van der Waals surface area (Å²) in [4.78, 5) is 28.6. The molecule has 0 unspecified atom stereocenters. The van der Waals surface area contributed by atoms with Gasteiger partial charge in [-0.1, -0.05) is 13.8 Å². The third-order valence-corrected chi connectivity index (χ3v) is 5.72. The Bertz CT molecular complexity index is 855. The molecule has 31 heavy (non-hydrogen) atoms. The Morgan fingerprint density at radius 2 is 1.71 bits per heavy atom. The van der Waals surface area contributed by atoms with Gasteiger partial charge in [-0.2, -0.15) is 0 Å². The molecule has 3 rings (SSSR count). The Kier molecular flexibility index (Phi) is 7.85. The van der Waals surface area contributed by atoms with E-state index in [9.17, 15) is 4.79 Å². The summed E-state index contributed by atoms with van der Waals surface area (Å²) in [6.45, 7) is 16.3. The Hall–Kier alpha value is -2.67. The van der Waals surface area contributed by atoms with E-state index in [0.29, 0.717) is 12.5 Å². The maximum absolute atomic E-state index is 12.5. The fourth-order valence-electron chi connectivity index (χ4n) is 3.88. The van der Waals surface area contributed by atoms with Gasteiger partial charge in [-0.25, -0.2) is 9.97 Å². The van der Waals surface area contributed by atoms with Crippen molar-refractivity contribution in [2.24, 2.45) is 0 Å². The van der Waals surface area contributed by atoms with Crippen LogP contribution in [0.2, 0.25) is 0 Å². The average molecular weight is 425 g/mol. The molecule has 1 amide bonds. The number of carbonyl (C=O) groups is 1. The second-order valence-corrected chi connectivity index (χ2v) is 8.41. The Labute approximate surface area is 186 Å². The lowest BCUT2D eigenvalue weighted by Gasteiger charge is -2.35. The Balaban J connectivity index is 1.50. The topological polar surface area (TPSA) is 64.6 Å². The SMILES string of the molecule is CCN(CC)c1ccc(NC(=O)CN2CCN(c3cc(C)nc(C(C)C)n3)CC2)cc1. The molecule has 1 aromatic carbocycles. The molecule has 1 N–H and O–H groups in total. The summed E-state index contributed by atoms with van der Waals surface area (Å²) in [5.74, 6) is 2.23. The van der Waals surface area contributed by atoms with Crippen LogP contribution in [0.1, 0.15) is 45.1 Å². The number of nitrogens with one attached hydrogen (secondary N) is 1. The summed E-state index contributed by atoms with van der Waals surface area (Å²) in [6.07, 6.45) is 0. The first-order chi connectivity index (χ1) is 14.9. The molecule has 1 aliphatic rings. The van der Waals surface area contributed by atoms with Crippen molar-refractivity contribution in [3.63, 3.8) is 0 Å². The summed E-state index contributed by atoms with van der Waals surface area (Å²) in [5.41, 5.74) is 3.03. The van der Waals surface area contributed by atoms with Crippen LogP contribution in [0.15, 0.2) is 30.3 Å². The van der Waals surface area contributed by atoms with Crippen LogP contribution >= 0.6 is 0 Å². The van der Waals surface area contributed by atoms with Crippen molar-refractivity contribution in [1.29, 1.82) is 0 Å². The molecule has 2 aromatic rings. The van der Waals surface area contributed by atoms with Crippen molar-refractivity contribution in [2.45, 2.75) is 40.5 Å². The normalized spacial score (nSPS) is 14.7. The van der Waals surface area contributed by atoms with E-state index >= 15 is 0 Å². The van der Waals surface area contributed by atoms with Crippen molar-refractivity contribution >= 4 is 23.1 Å². The third kappa shape index (κ3) is 6.17. The largest absolute Gasteiger partial charge is 0.372 e. The Morgan fingerprint density at radius 3 is 2.29 bits per heavy atom. The van der Waals surface area contributed by atoms with Gasteiger partial charge in [-0.15, -0.1) is 0 Å². The predicted octanol–water partition coefficient (Wildman–Crippen LogP) is 3.52. The number of hydrogen-bond donors (Lipinski definition) is 1. The van der Waals surface area contributed by atoms with Gasteiger partial charge in [-0.05, 0) is 45.0 Å². The molecule has 1 saturated heterocycles. The van der Waals surface area contributed by atoms with Crippen molar-refractivity contribution < 1.29 is 4.79 Å². The van der Waals surface area contributed by atoms with Gasteiger partial charge in [0, 0.05) is 68.3 Å². The maximum Gasteiger partial charge on any atom is 0.238 e. The van der Waals surface area contributed by atoms with E-state index < -0.39 is 0 Å². The van der Waals surface area contributed by atoms with Gasteiger partial charge in [0.25, 0.3) is 0 Å². The molecule has 1 aromatic heterocycles. The van der Waals surface area contributed by atoms with Gasteiger partial charge >= 0.3 is 0 Å². The number of nitrogens with zero attached hydrogens (tertiary/aromatic N) is 5. The number of aryl methyl sites for hydroxylation is 1. The quantitative estimate of drug-likeness (QED) is 0.700. The number of amides is 1. The van der Waals surface area contributed by atoms with E-state index in [1.54, 1.807) is 0 Å². The van der Waals surface area contributed by atoms with Gasteiger partial charge in [0.15, 0.2) is 0 Å². The zero-order chi connectivity index (χ0) is 22.4. The van der Waals surface area contributed by atoms with Crippen LogP contribution in [0.4, 0.5) is 17.2 Å². The first-order valence-corrected chi connectivity index (χ1v) is 11.4. The molecule has 0 bridgehead atoms. The van der Waals surface area contributed by atoms with Gasteiger partial charge in [-0.3, -0.25) is 9.69 Å². The van der Waals surface area contributed by atoms with Crippen molar-refractivity contribution in [2.75, 3.05) is 60.9 Å². The van der Waals surface area contributed by atoms with E-state index in [1.807, 2.05) is 19.1 Å². The van der Waals surface area contributed by atoms with Gasteiger partial charge < -0.3 is 15.1 Å². The average Bonchev–Trinajstić information content (AvgIpc) is 2.75. The summed E-state index contributed by atoms with van der Waals surface area (Å²) in [6, 6.07) is 10.1. The van der Waals surface area contributed by atoms with Crippen molar-refractivity contribution in [3.05, 3.63) is 41.9 Å². The summed E-state index contributed by atoms with van der Waals surface area (Å²) >= 11 is 0. The number of rotatable bonds is 8. The highest BCUT2D eigenvalue weighted by Gasteiger charge is 2.21. The molecule has 0 radical (unpaired) electrons. The van der Waals surface area contributed by atoms with E-state index in [1.165, 1.54) is 5.69 Å². The second kappa shape index (κ2) is 10.6. The maximum atomic E-state index is 12.5. The molecule has 0 spiro atoms. The molecule has 0 aliphatic carbocycles.